The molecular weight excluding hydrogens is 272 g/mol. The number of aliphatic hydroxyl groups excluding tert-OH is 1. The zero-order chi connectivity index (χ0) is 14.8. The second kappa shape index (κ2) is 9.83. The monoisotopic (exact) mass is 296 g/mol. The normalized spacial score (nSPS) is 12.3. The average molecular weight is 296 g/mol. The number of carboxylic acids is 1. The van der Waals surface area contributed by atoms with Gasteiger partial charge in [0.2, 0.25) is 0 Å². The van der Waals surface area contributed by atoms with Crippen LogP contribution in [-0.2, 0) is 0 Å². The number of thioether (sulfide) groups is 1. The SMILES string of the molecule is CCCCCCCC(O)CSc1ccc(C(=O)O)cc1. The zero-order valence-corrected chi connectivity index (χ0v) is 12.9. The lowest BCUT2D eigenvalue weighted by atomic mass is 10.1. The molecule has 0 fully saturated rings. The molecule has 0 aliphatic heterocycles. The van der Waals surface area contributed by atoms with E-state index in [-0.39, 0.29) is 6.10 Å². The molecule has 0 aliphatic carbocycles. The Morgan fingerprint density at radius 2 is 1.80 bits per heavy atom. The van der Waals surface area contributed by atoms with E-state index in [2.05, 4.69) is 6.92 Å². The summed E-state index contributed by atoms with van der Waals surface area (Å²) >= 11 is 1.57. The van der Waals surface area contributed by atoms with Crippen LogP contribution in [0.15, 0.2) is 29.2 Å². The molecule has 112 valence electrons. The quantitative estimate of drug-likeness (QED) is 0.502. The van der Waals surface area contributed by atoms with E-state index in [9.17, 15) is 9.90 Å². The van der Waals surface area contributed by atoms with Crippen molar-refractivity contribution in [2.45, 2.75) is 56.4 Å². The van der Waals surface area contributed by atoms with Gasteiger partial charge < -0.3 is 10.2 Å². The van der Waals surface area contributed by atoms with Crippen LogP contribution in [0.4, 0.5) is 0 Å². The molecule has 0 aromatic heterocycles. The van der Waals surface area contributed by atoms with Crippen LogP contribution in [0.1, 0.15) is 55.8 Å². The first kappa shape index (κ1) is 17.1. The predicted octanol–water partition coefficient (Wildman–Crippen LogP) is 4.20. The summed E-state index contributed by atoms with van der Waals surface area (Å²) in [6.07, 6.45) is 6.63. The van der Waals surface area contributed by atoms with Crippen molar-refractivity contribution < 1.29 is 15.0 Å². The molecular formula is C16H24O3S. The number of rotatable bonds is 10. The summed E-state index contributed by atoms with van der Waals surface area (Å²) in [6, 6.07) is 6.79. The van der Waals surface area contributed by atoms with Crippen LogP contribution in [0.5, 0.6) is 0 Å². The third-order valence-corrected chi connectivity index (χ3v) is 4.34. The van der Waals surface area contributed by atoms with E-state index in [0.717, 1.165) is 17.7 Å². The molecule has 1 atom stereocenters. The molecule has 0 saturated heterocycles. The summed E-state index contributed by atoms with van der Waals surface area (Å²) in [7, 11) is 0. The molecule has 20 heavy (non-hydrogen) atoms. The van der Waals surface area contributed by atoms with Crippen molar-refractivity contribution in [1.29, 1.82) is 0 Å². The van der Waals surface area contributed by atoms with Crippen LogP contribution < -0.4 is 0 Å². The van der Waals surface area contributed by atoms with Crippen LogP contribution >= 0.6 is 11.8 Å². The second-order valence-electron chi connectivity index (χ2n) is 5.00. The largest absolute Gasteiger partial charge is 0.478 e. The number of hydrogen-bond acceptors (Lipinski definition) is 3. The van der Waals surface area contributed by atoms with Crippen molar-refractivity contribution in [2.75, 3.05) is 5.75 Å². The van der Waals surface area contributed by atoms with Crippen molar-refractivity contribution in [1.82, 2.24) is 0 Å². The summed E-state index contributed by atoms with van der Waals surface area (Å²) in [4.78, 5) is 11.7. The van der Waals surface area contributed by atoms with Gasteiger partial charge in [0, 0.05) is 10.6 Å². The fourth-order valence-corrected chi connectivity index (χ4v) is 2.83. The third-order valence-electron chi connectivity index (χ3n) is 3.18. The van der Waals surface area contributed by atoms with E-state index in [1.807, 2.05) is 0 Å². The van der Waals surface area contributed by atoms with Crippen molar-refractivity contribution in [3.63, 3.8) is 0 Å². The Kier molecular flexibility index (Phi) is 8.38. The molecule has 0 bridgehead atoms. The van der Waals surface area contributed by atoms with Crippen LogP contribution in [0.25, 0.3) is 0 Å². The summed E-state index contributed by atoms with van der Waals surface area (Å²) in [5, 5.41) is 18.7. The molecule has 0 spiro atoms. The summed E-state index contributed by atoms with van der Waals surface area (Å²) in [5.74, 6) is -0.242. The minimum absolute atomic E-state index is 0.277. The molecule has 4 heteroatoms. The van der Waals surface area contributed by atoms with Gasteiger partial charge in [-0.05, 0) is 30.7 Å². The lowest BCUT2D eigenvalue weighted by Gasteiger charge is -2.10. The summed E-state index contributed by atoms with van der Waals surface area (Å²) < 4.78 is 0. The van der Waals surface area contributed by atoms with Gasteiger partial charge in [0.1, 0.15) is 0 Å². The van der Waals surface area contributed by atoms with Gasteiger partial charge in [-0.2, -0.15) is 0 Å². The summed E-state index contributed by atoms with van der Waals surface area (Å²) in [5.41, 5.74) is 0.297. The van der Waals surface area contributed by atoms with E-state index < -0.39 is 5.97 Å². The number of hydrogen-bond donors (Lipinski definition) is 2. The van der Waals surface area contributed by atoms with Crippen molar-refractivity contribution in [3.05, 3.63) is 29.8 Å². The van der Waals surface area contributed by atoms with Crippen LogP contribution in [-0.4, -0.2) is 28.0 Å². The molecule has 1 unspecified atom stereocenters. The predicted molar refractivity (Wildman–Crippen MR) is 83.5 cm³/mol. The Hall–Kier alpha value is -1.00. The highest BCUT2D eigenvalue weighted by Gasteiger charge is 2.06. The highest BCUT2D eigenvalue weighted by molar-refractivity contribution is 7.99. The van der Waals surface area contributed by atoms with Crippen molar-refractivity contribution in [3.8, 4) is 0 Å². The van der Waals surface area contributed by atoms with Crippen LogP contribution in [0.2, 0.25) is 0 Å². The second-order valence-corrected chi connectivity index (χ2v) is 6.09. The van der Waals surface area contributed by atoms with E-state index in [1.54, 1.807) is 36.0 Å². The molecule has 0 saturated carbocycles. The maximum Gasteiger partial charge on any atom is 0.335 e. The molecule has 0 amide bonds. The summed E-state index contributed by atoms with van der Waals surface area (Å²) in [6.45, 7) is 2.20. The third kappa shape index (κ3) is 6.96. The number of aromatic carboxylic acids is 1. The smallest absolute Gasteiger partial charge is 0.335 e. The van der Waals surface area contributed by atoms with E-state index in [1.165, 1.54) is 25.7 Å². The van der Waals surface area contributed by atoms with Gasteiger partial charge in [0.15, 0.2) is 0 Å². The molecule has 0 aliphatic rings. The number of aliphatic hydroxyl groups is 1. The molecule has 0 radical (unpaired) electrons. The van der Waals surface area contributed by atoms with Gasteiger partial charge in [0.05, 0.1) is 11.7 Å². The van der Waals surface area contributed by atoms with Gasteiger partial charge in [0.25, 0.3) is 0 Å². The first-order valence-electron chi connectivity index (χ1n) is 7.27. The van der Waals surface area contributed by atoms with Crippen molar-refractivity contribution >= 4 is 17.7 Å². The Morgan fingerprint density at radius 3 is 2.40 bits per heavy atom. The highest BCUT2D eigenvalue weighted by Crippen LogP contribution is 2.21. The van der Waals surface area contributed by atoms with Gasteiger partial charge in [-0.25, -0.2) is 4.79 Å². The van der Waals surface area contributed by atoms with E-state index in [0.29, 0.717) is 11.3 Å². The van der Waals surface area contributed by atoms with Crippen molar-refractivity contribution in [2.24, 2.45) is 0 Å². The minimum atomic E-state index is -0.909. The fourth-order valence-electron chi connectivity index (χ4n) is 1.95. The number of benzene rings is 1. The maximum atomic E-state index is 10.7. The molecule has 1 rings (SSSR count). The Balaban J connectivity index is 2.20. The van der Waals surface area contributed by atoms with E-state index in [4.69, 9.17) is 5.11 Å². The topological polar surface area (TPSA) is 57.5 Å². The Bertz CT molecular complexity index is 389. The minimum Gasteiger partial charge on any atom is -0.478 e. The molecule has 1 aromatic carbocycles. The Labute approximate surface area is 125 Å². The molecule has 2 N–H and O–H groups in total. The number of unbranched alkanes of at least 4 members (excludes halogenated alkanes) is 4. The number of carbonyl (C=O) groups is 1. The first-order valence-corrected chi connectivity index (χ1v) is 8.26. The zero-order valence-electron chi connectivity index (χ0n) is 12.0. The van der Waals surface area contributed by atoms with Gasteiger partial charge >= 0.3 is 5.97 Å². The van der Waals surface area contributed by atoms with E-state index >= 15 is 0 Å². The standard InChI is InChI=1S/C16H24O3S/c1-2-3-4-5-6-7-14(17)12-20-15-10-8-13(9-11-15)16(18)19/h8-11,14,17H,2-7,12H2,1H3,(H,18,19). The lowest BCUT2D eigenvalue weighted by molar-refractivity contribution is 0.0697. The van der Waals surface area contributed by atoms with Gasteiger partial charge in [-0.3, -0.25) is 0 Å². The van der Waals surface area contributed by atoms with Crippen LogP contribution in [0.3, 0.4) is 0 Å². The lowest BCUT2D eigenvalue weighted by Crippen LogP contribution is -2.09. The number of carboxylic acid groups (broad SMARTS) is 1. The first-order chi connectivity index (χ1) is 9.63. The Morgan fingerprint density at radius 1 is 1.15 bits per heavy atom. The molecule has 3 nitrogen and oxygen atoms in total. The maximum absolute atomic E-state index is 10.7. The molecule has 0 heterocycles. The van der Waals surface area contributed by atoms with Gasteiger partial charge in [-0.15, -0.1) is 11.8 Å². The van der Waals surface area contributed by atoms with Crippen LogP contribution in [0, 0.1) is 0 Å². The fraction of sp³-hybridized carbons (Fsp3) is 0.562. The highest BCUT2D eigenvalue weighted by atomic mass is 32.2. The average Bonchev–Trinajstić information content (AvgIpc) is 2.45. The molecule has 1 aromatic rings. The van der Waals surface area contributed by atoms with Gasteiger partial charge in [-0.1, -0.05) is 39.0 Å².